The van der Waals surface area contributed by atoms with E-state index in [1.54, 1.807) is 17.6 Å². The molecule has 1 fully saturated rings. The second-order valence-corrected chi connectivity index (χ2v) is 11.1. The molecule has 3 amide bonds. The molecule has 0 aromatic heterocycles. The highest BCUT2D eigenvalue weighted by Crippen LogP contribution is 2.61. The number of esters is 1. The van der Waals surface area contributed by atoms with Gasteiger partial charge in [-0.25, -0.2) is 10.3 Å². The minimum atomic E-state index is -1.12. The highest BCUT2D eigenvalue weighted by atomic mass is 16.5. The van der Waals surface area contributed by atoms with E-state index in [2.05, 4.69) is 15.6 Å². The number of methoxy groups -OCH3 is 1. The molecule has 2 heterocycles. The molecule has 5 atom stereocenters. The number of nitrogens with zero attached hydrogens (tertiary/aromatic N) is 1. The summed E-state index contributed by atoms with van der Waals surface area (Å²) in [6.45, 7) is 4.49. The summed E-state index contributed by atoms with van der Waals surface area (Å²) in [6, 6.07) is 5.12. The Labute approximate surface area is 239 Å². The van der Waals surface area contributed by atoms with Gasteiger partial charge in [0.2, 0.25) is 11.8 Å². The molecule has 226 valence electrons. The number of aliphatic imine (C=N–C) groups is 1. The largest absolute Gasteiger partial charge is 0.494 e. The van der Waals surface area contributed by atoms with Crippen LogP contribution in [-0.2, 0) is 30.3 Å². The van der Waals surface area contributed by atoms with Gasteiger partial charge in [-0.2, -0.15) is 0 Å². The van der Waals surface area contributed by atoms with Crippen LogP contribution in [0.2, 0.25) is 0 Å². The molecule has 1 aromatic carbocycles. The molecule has 2 bridgehead atoms. The number of carbonyl (C=O) groups is 4. The van der Waals surface area contributed by atoms with Gasteiger partial charge in [-0.1, -0.05) is 26.0 Å². The van der Waals surface area contributed by atoms with E-state index in [0.717, 1.165) is 5.56 Å². The third-order valence-corrected chi connectivity index (χ3v) is 7.80. The smallest absolute Gasteiger partial charge is 0.328 e. The van der Waals surface area contributed by atoms with E-state index in [0.29, 0.717) is 38.0 Å². The van der Waals surface area contributed by atoms with Gasteiger partial charge in [0.1, 0.15) is 17.8 Å². The first-order chi connectivity index (χ1) is 19.5. The predicted molar refractivity (Wildman–Crippen MR) is 149 cm³/mol. The Kier molecular flexibility index (Phi) is 10.9. The Morgan fingerprint density at radius 3 is 2.56 bits per heavy atom. The normalized spacial score (nSPS) is 24.5. The number of benzene rings is 1. The minimum Gasteiger partial charge on any atom is -0.494 e. The lowest BCUT2D eigenvalue weighted by molar-refractivity contribution is -0.146. The number of rotatable bonds is 10. The first kappa shape index (κ1) is 31.7. The summed E-state index contributed by atoms with van der Waals surface area (Å²) in [5.41, 5.74) is 12.1. The number of guanidine groups is 1. The van der Waals surface area contributed by atoms with Crippen LogP contribution in [0.15, 0.2) is 29.3 Å². The molecule has 2 unspecified atom stereocenters. The second kappa shape index (κ2) is 14.2. The summed E-state index contributed by atoms with van der Waals surface area (Å²) in [5, 5.41) is 15.2. The van der Waals surface area contributed by atoms with E-state index in [1.807, 2.05) is 26.0 Å². The van der Waals surface area contributed by atoms with Crippen molar-refractivity contribution in [3.63, 3.8) is 0 Å². The summed E-state index contributed by atoms with van der Waals surface area (Å²) in [7, 11) is 1.22. The number of nitrogens with two attached hydrogens (primary N) is 2. The lowest BCUT2D eigenvalue weighted by atomic mass is 9.79. The quantitative estimate of drug-likeness (QED) is 0.0569. The van der Waals surface area contributed by atoms with Gasteiger partial charge < -0.3 is 31.6 Å². The fourth-order valence-corrected chi connectivity index (χ4v) is 5.62. The zero-order valence-corrected chi connectivity index (χ0v) is 23.9. The van der Waals surface area contributed by atoms with Gasteiger partial charge in [-0.15, -0.1) is 0 Å². The number of amides is 3. The van der Waals surface area contributed by atoms with Crippen molar-refractivity contribution >= 4 is 29.7 Å². The number of hydroxylamine groups is 1. The molecule has 0 spiro atoms. The summed E-state index contributed by atoms with van der Waals surface area (Å²) >= 11 is 0. The van der Waals surface area contributed by atoms with Crippen molar-refractivity contribution in [2.75, 3.05) is 20.3 Å². The van der Waals surface area contributed by atoms with Gasteiger partial charge in [-0.3, -0.25) is 24.6 Å². The molecule has 13 nitrogen and oxygen atoms in total. The maximum absolute atomic E-state index is 13.9. The summed E-state index contributed by atoms with van der Waals surface area (Å²) in [5.74, 6) is -2.69. The molecule has 3 aliphatic rings. The zero-order chi connectivity index (χ0) is 30.2. The molecular weight excluding hydrogens is 532 g/mol. The van der Waals surface area contributed by atoms with Crippen molar-refractivity contribution in [2.24, 2.45) is 39.6 Å². The van der Waals surface area contributed by atoms with Crippen molar-refractivity contribution in [1.29, 1.82) is 0 Å². The molecule has 1 aliphatic carbocycles. The number of ether oxygens (including phenoxy) is 2. The van der Waals surface area contributed by atoms with E-state index in [-0.39, 0.29) is 37.2 Å². The van der Waals surface area contributed by atoms with Crippen molar-refractivity contribution in [1.82, 2.24) is 16.1 Å². The highest BCUT2D eigenvalue weighted by Gasteiger charge is 2.65. The Morgan fingerprint density at radius 1 is 1.24 bits per heavy atom. The molecule has 2 aliphatic heterocycles. The first-order valence-corrected chi connectivity index (χ1v) is 13.9. The number of hydrogen-bond donors (Lipinski definition) is 6. The summed E-state index contributed by atoms with van der Waals surface area (Å²) in [6.07, 6.45) is 2.02. The molecular formula is C28H42N6O7. The first-order valence-electron chi connectivity index (χ1n) is 13.9. The number of nitrogens with one attached hydrogen (secondary N) is 3. The molecule has 1 aromatic rings. The fourth-order valence-electron chi connectivity index (χ4n) is 5.62. The minimum absolute atomic E-state index is 0.0542. The second-order valence-electron chi connectivity index (χ2n) is 11.1. The standard InChI is InChI=1S/C28H42N6O7/c1-16(2)13-20-23(35)33-22(24(36)32-21(25(37)40-3)5-4-11-31-27(29)30)14-17-6-8-19(9-7-17)41-12-10-18-15-28(18,20)26(38)34-39/h6-9,16,18,20-22,39H,4-5,10-15H2,1-3H3,(H,32,36)(H,33,35)(H,34,38)(H4,29,30,31)/t18-,20-,21-,22?,28?/m0/s1. The van der Waals surface area contributed by atoms with Gasteiger partial charge in [0, 0.05) is 13.0 Å². The van der Waals surface area contributed by atoms with E-state index in [1.165, 1.54) is 7.11 Å². The molecule has 0 radical (unpaired) electrons. The number of carbonyl (C=O) groups excluding carboxylic acids is 4. The Hall–Kier alpha value is -3.87. The maximum atomic E-state index is 13.9. The predicted octanol–water partition coefficient (Wildman–Crippen LogP) is 0.382. The monoisotopic (exact) mass is 574 g/mol. The van der Waals surface area contributed by atoms with Crippen LogP contribution in [0, 0.1) is 23.2 Å². The van der Waals surface area contributed by atoms with Crippen LogP contribution in [0.1, 0.15) is 51.5 Å². The lowest BCUT2D eigenvalue weighted by Gasteiger charge is -2.30. The average molecular weight is 575 g/mol. The molecule has 13 heteroatoms. The highest BCUT2D eigenvalue weighted by molar-refractivity contribution is 5.95. The topological polar surface area (TPSA) is 207 Å². The Balaban J connectivity index is 1.91. The van der Waals surface area contributed by atoms with Crippen LogP contribution in [0.4, 0.5) is 0 Å². The van der Waals surface area contributed by atoms with Gasteiger partial charge in [-0.05, 0) is 61.6 Å². The molecule has 1 saturated carbocycles. The van der Waals surface area contributed by atoms with Gasteiger partial charge >= 0.3 is 5.97 Å². The van der Waals surface area contributed by atoms with Gasteiger partial charge in [0.25, 0.3) is 5.91 Å². The van der Waals surface area contributed by atoms with E-state index < -0.39 is 47.1 Å². The third-order valence-electron chi connectivity index (χ3n) is 7.80. The molecule has 41 heavy (non-hydrogen) atoms. The van der Waals surface area contributed by atoms with E-state index >= 15 is 0 Å². The molecule has 8 N–H and O–H groups in total. The van der Waals surface area contributed by atoms with Crippen LogP contribution < -0.4 is 32.3 Å². The fraction of sp³-hybridized carbons (Fsp3) is 0.607. The van der Waals surface area contributed by atoms with Crippen molar-refractivity contribution < 1.29 is 33.9 Å². The van der Waals surface area contributed by atoms with Crippen LogP contribution in [0.3, 0.4) is 0 Å². The van der Waals surface area contributed by atoms with Crippen molar-refractivity contribution in [2.45, 2.75) is 64.5 Å². The van der Waals surface area contributed by atoms with Crippen molar-refractivity contribution in [3.05, 3.63) is 29.8 Å². The van der Waals surface area contributed by atoms with Crippen LogP contribution in [-0.4, -0.2) is 67.2 Å². The molecule has 4 rings (SSSR count). The maximum Gasteiger partial charge on any atom is 0.328 e. The molecule has 0 saturated heterocycles. The Morgan fingerprint density at radius 2 is 1.95 bits per heavy atom. The number of hydrogen-bond acceptors (Lipinski definition) is 8. The summed E-state index contributed by atoms with van der Waals surface area (Å²) < 4.78 is 10.8. The number of fused-ring (bicyclic) bond motifs is 8. The van der Waals surface area contributed by atoms with Crippen LogP contribution in [0.5, 0.6) is 5.75 Å². The van der Waals surface area contributed by atoms with Crippen LogP contribution >= 0.6 is 0 Å². The van der Waals surface area contributed by atoms with E-state index in [9.17, 15) is 24.4 Å². The van der Waals surface area contributed by atoms with Gasteiger partial charge in [0.05, 0.1) is 25.0 Å². The zero-order valence-electron chi connectivity index (χ0n) is 23.9. The Bertz CT molecular complexity index is 1120. The lowest BCUT2D eigenvalue weighted by Crippen LogP contribution is -2.55. The SMILES string of the molecule is COC(=O)[C@H](CCCN=C(N)N)NC(=O)C1Cc2ccc(cc2)OCC[C@H]2CC2(C(=O)NO)[C@@H](CC(C)C)C(=O)N1. The average Bonchev–Trinajstić information content (AvgIpc) is 3.66. The van der Waals surface area contributed by atoms with E-state index in [4.69, 9.17) is 20.9 Å². The van der Waals surface area contributed by atoms with Crippen molar-refractivity contribution in [3.8, 4) is 5.75 Å². The third kappa shape index (κ3) is 8.09. The van der Waals surface area contributed by atoms with Crippen LogP contribution in [0.25, 0.3) is 0 Å². The summed E-state index contributed by atoms with van der Waals surface area (Å²) in [4.78, 5) is 56.9. The van der Waals surface area contributed by atoms with Gasteiger partial charge in [0.15, 0.2) is 5.96 Å².